The van der Waals surface area contributed by atoms with Gasteiger partial charge in [0.15, 0.2) is 0 Å². The van der Waals surface area contributed by atoms with Gasteiger partial charge in [0.25, 0.3) is 0 Å². The summed E-state index contributed by atoms with van der Waals surface area (Å²) < 4.78 is 0. The summed E-state index contributed by atoms with van der Waals surface area (Å²) in [4.78, 5) is 16.2. The van der Waals surface area contributed by atoms with Gasteiger partial charge in [0.05, 0.1) is 33.6 Å². The Balaban J connectivity index is 1.27. The Bertz CT molecular complexity index is 2940. The van der Waals surface area contributed by atoms with Crippen LogP contribution in [0, 0.1) is 0 Å². The number of pyridine rings is 3. The molecule has 0 spiro atoms. The Hall–Kier alpha value is -6.97. The second kappa shape index (κ2) is 12.4. The molecular weight excluding hydrogens is 631 g/mol. The van der Waals surface area contributed by atoms with E-state index < -0.39 is 0 Å². The Morgan fingerprint density at radius 1 is 0.269 bits per heavy atom. The van der Waals surface area contributed by atoms with Gasteiger partial charge in [0.1, 0.15) is 0 Å². The van der Waals surface area contributed by atoms with E-state index in [1.54, 1.807) is 0 Å². The van der Waals surface area contributed by atoms with Crippen molar-refractivity contribution in [2.75, 3.05) is 0 Å². The van der Waals surface area contributed by atoms with Gasteiger partial charge < -0.3 is 0 Å². The number of aromatic nitrogens is 3. The van der Waals surface area contributed by atoms with Crippen LogP contribution in [-0.4, -0.2) is 15.0 Å². The zero-order valence-corrected chi connectivity index (χ0v) is 28.2. The van der Waals surface area contributed by atoms with E-state index in [9.17, 15) is 0 Å². The minimum atomic E-state index is 0.865. The number of hydrogen-bond acceptors (Lipinski definition) is 3. The Kier molecular flexibility index (Phi) is 7.14. The molecule has 0 aliphatic rings. The minimum Gasteiger partial charge on any atom is -0.246 e. The van der Waals surface area contributed by atoms with E-state index >= 15 is 0 Å². The zero-order valence-electron chi connectivity index (χ0n) is 28.2. The second-order valence-corrected chi connectivity index (χ2v) is 13.1. The lowest BCUT2D eigenvalue weighted by atomic mass is 9.89. The van der Waals surface area contributed by atoms with Crippen LogP contribution in [0.4, 0.5) is 0 Å². The molecule has 52 heavy (non-hydrogen) atoms. The molecule has 3 heterocycles. The molecule has 7 aromatic carbocycles. The summed E-state index contributed by atoms with van der Waals surface area (Å²) in [5.41, 5.74) is 13.3. The van der Waals surface area contributed by atoms with Crippen molar-refractivity contribution in [3.8, 4) is 56.0 Å². The molecule has 3 nitrogen and oxygen atoms in total. The van der Waals surface area contributed by atoms with Crippen molar-refractivity contribution in [3.63, 3.8) is 0 Å². The van der Waals surface area contributed by atoms with Gasteiger partial charge in [-0.25, -0.2) is 15.0 Å². The smallest absolute Gasteiger partial charge is 0.0972 e. The van der Waals surface area contributed by atoms with Gasteiger partial charge in [-0.3, -0.25) is 0 Å². The first kappa shape index (κ1) is 29.9. The van der Waals surface area contributed by atoms with E-state index in [-0.39, 0.29) is 0 Å². The summed E-state index contributed by atoms with van der Waals surface area (Å²) in [6, 6.07) is 66.1. The van der Waals surface area contributed by atoms with Crippen molar-refractivity contribution in [3.05, 3.63) is 188 Å². The second-order valence-electron chi connectivity index (χ2n) is 13.1. The number of fused-ring (bicyclic) bond motifs is 6. The first-order valence-electron chi connectivity index (χ1n) is 17.6. The van der Waals surface area contributed by atoms with Crippen molar-refractivity contribution in [1.82, 2.24) is 15.0 Å². The van der Waals surface area contributed by atoms with Crippen LogP contribution >= 0.6 is 0 Å². The Labute approximate surface area is 301 Å². The van der Waals surface area contributed by atoms with E-state index in [1.807, 2.05) is 18.2 Å². The van der Waals surface area contributed by atoms with Gasteiger partial charge >= 0.3 is 0 Å². The van der Waals surface area contributed by atoms with Crippen LogP contribution < -0.4 is 0 Å². The van der Waals surface area contributed by atoms with Crippen LogP contribution in [-0.2, 0) is 0 Å². The first-order chi connectivity index (χ1) is 25.8. The molecule has 0 aliphatic carbocycles. The fourth-order valence-corrected chi connectivity index (χ4v) is 7.59. The highest BCUT2D eigenvalue weighted by Crippen LogP contribution is 2.43. The fraction of sp³-hybridized carbons (Fsp3) is 0. The SMILES string of the molecule is c1ccc(-c2ccc3ccc4ccc(-c5cccc6c5nc(-c5ccccc5-c5ccccc5)c5cccc(-c7ccccc7)c56)nc4c3n2)cc1. The predicted octanol–water partition coefficient (Wildman–Crippen LogP) is 12.8. The number of rotatable bonds is 5. The van der Waals surface area contributed by atoms with Crippen molar-refractivity contribution >= 4 is 43.5 Å². The van der Waals surface area contributed by atoms with Crippen molar-refractivity contribution in [1.29, 1.82) is 0 Å². The number of benzene rings is 7. The predicted molar refractivity (Wildman–Crippen MR) is 217 cm³/mol. The maximum Gasteiger partial charge on any atom is 0.0972 e. The lowest BCUT2D eigenvalue weighted by Gasteiger charge is -2.18. The highest BCUT2D eigenvalue weighted by Gasteiger charge is 2.20. The zero-order chi connectivity index (χ0) is 34.4. The molecule has 0 amide bonds. The molecule has 0 bridgehead atoms. The maximum absolute atomic E-state index is 5.61. The minimum absolute atomic E-state index is 0.865. The summed E-state index contributed by atoms with van der Waals surface area (Å²) in [6.07, 6.45) is 0. The molecule has 10 rings (SSSR count). The quantitative estimate of drug-likeness (QED) is 0.172. The number of hydrogen-bond donors (Lipinski definition) is 0. The monoisotopic (exact) mass is 661 g/mol. The summed E-state index contributed by atoms with van der Waals surface area (Å²) >= 11 is 0. The van der Waals surface area contributed by atoms with E-state index in [0.29, 0.717) is 0 Å². The van der Waals surface area contributed by atoms with Gasteiger partial charge in [-0.1, -0.05) is 176 Å². The van der Waals surface area contributed by atoms with E-state index in [1.165, 1.54) is 16.5 Å². The molecule has 3 aromatic heterocycles. The normalized spacial score (nSPS) is 11.5. The third kappa shape index (κ3) is 5.02. The highest BCUT2D eigenvalue weighted by molar-refractivity contribution is 6.20. The lowest BCUT2D eigenvalue weighted by Crippen LogP contribution is -1.96. The number of para-hydroxylation sites is 1. The molecule has 0 fully saturated rings. The fourth-order valence-electron chi connectivity index (χ4n) is 7.59. The molecule has 242 valence electrons. The molecule has 3 heteroatoms. The summed E-state index contributed by atoms with van der Waals surface area (Å²) in [5.74, 6) is 0. The van der Waals surface area contributed by atoms with Crippen molar-refractivity contribution in [2.24, 2.45) is 0 Å². The van der Waals surface area contributed by atoms with Gasteiger partial charge in [-0.2, -0.15) is 0 Å². The third-order valence-corrected chi connectivity index (χ3v) is 10.1. The largest absolute Gasteiger partial charge is 0.246 e. The maximum atomic E-state index is 5.61. The van der Waals surface area contributed by atoms with Gasteiger partial charge in [-0.05, 0) is 34.4 Å². The molecule has 0 aliphatic heterocycles. The van der Waals surface area contributed by atoms with E-state index in [0.717, 1.165) is 83.0 Å². The average molecular weight is 662 g/mol. The molecule has 0 N–H and O–H groups in total. The van der Waals surface area contributed by atoms with Gasteiger partial charge in [0, 0.05) is 43.6 Å². The third-order valence-electron chi connectivity index (χ3n) is 10.1. The van der Waals surface area contributed by atoms with Crippen LogP contribution in [0.3, 0.4) is 0 Å². The van der Waals surface area contributed by atoms with Gasteiger partial charge in [0.2, 0.25) is 0 Å². The standard InChI is InChI=1S/C49H31N3/c1-4-14-32(15-5-1)37-20-10-11-21-39(37)48-41-24-12-22-38(33-16-6-2-7-17-33)45(41)42-25-13-23-40(49(42)52-48)44-31-29-36-27-26-35-28-30-43(34-18-8-3-9-19-34)50-46(35)47(36)51-44/h1-31H. The molecule has 10 aromatic rings. The highest BCUT2D eigenvalue weighted by atomic mass is 14.8. The van der Waals surface area contributed by atoms with Crippen LogP contribution in [0.5, 0.6) is 0 Å². The average Bonchev–Trinajstić information content (AvgIpc) is 3.23. The van der Waals surface area contributed by atoms with Crippen LogP contribution in [0.1, 0.15) is 0 Å². The van der Waals surface area contributed by atoms with E-state index in [2.05, 4.69) is 170 Å². The summed E-state index contributed by atoms with van der Waals surface area (Å²) in [6.45, 7) is 0. The molecule has 0 saturated heterocycles. The van der Waals surface area contributed by atoms with Crippen molar-refractivity contribution in [2.45, 2.75) is 0 Å². The molecule has 0 unspecified atom stereocenters. The summed E-state index contributed by atoms with van der Waals surface area (Å²) in [5, 5.41) is 5.50. The topological polar surface area (TPSA) is 38.7 Å². The van der Waals surface area contributed by atoms with Crippen LogP contribution in [0.2, 0.25) is 0 Å². The van der Waals surface area contributed by atoms with Crippen LogP contribution in [0.15, 0.2) is 188 Å². The molecular formula is C49H31N3. The van der Waals surface area contributed by atoms with Crippen LogP contribution in [0.25, 0.3) is 99.5 Å². The van der Waals surface area contributed by atoms with Crippen molar-refractivity contribution < 1.29 is 0 Å². The molecule has 0 radical (unpaired) electrons. The number of nitrogens with zero attached hydrogens (tertiary/aromatic N) is 3. The Morgan fingerprint density at radius 2 is 0.750 bits per heavy atom. The van der Waals surface area contributed by atoms with Gasteiger partial charge in [-0.15, -0.1) is 0 Å². The molecule has 0 atom stereocenters. The molecule has 0 saturated carbocycles. The summed E-state index contributed by atoms with van der Waals surface area (Å²) in [7, 11) is 0. The lowest BCUT2D eigenvalue weighted by molar-refractivity contribution is 1.36. The van der Waals surface area contributed by atoms with E-state index in [4.69, 9.17) is 15.0 Å². The Morgan fingerprint density at radius 3 is 1.42 bits per heavy atom. The first-order valence-corrected chi connectivity index (χ1v) is 17.6.